The molecule has 0 aliphatic heterocycles. The smallest absolute Gasteiger partial charge is 0.294 e. The Labute approximate surface area is 142 Å². The fourth-order valence-corrected chi connectivity index (χ4v) is 3.22. The number of rotatable bonds is 8. The largest absolute Gasteiger partial charge is 0.504 e. The van der Waals surface area contributed by atoms with Crippen LogP contribution in [0.1, 0.15) is 38.2 Å². The SMILES string of the molecule is CCCCCCc1cc(Oc2ccccc2)c(O)cc1S(=O)(=O)O. The molecule has 2 N–H and O–H groups in total. The highest BCUT2D eigenvalue weighted by Crippen LogP contribution is 2.35. The highest BCUT2D eigenvalue weighted by atomic mass is 32.2. The van der Waals surface area contributed by atoms with Crippen LogP contribution in [-0.2, 0) is 16.5 Å². The molecule has 0 atom stereocenters. The molecule has 0 spiro atoms. The summed E-state index contributed by atoms with van der Waals surface area (Å²) in [5.41, 5.74) is 0.442. The lowest BCUT2D eigenvalue weighted by molar-refractivity contribution is 0.407. The number of hydrogen-bond acceptors (Lipinski definition) is 4. The quantitative estimate of drug-likeness (QED) is 0.539. The van der Waals surface area contributed by atoms with Gasteiger partial charge in [-0.3, -0.25) is 4.55 Å². The van der Waals surface area contributed by atoms with Gasteiger partial charge in [0.1, 0.15) is 10.6 Å². The Morgan fingerprint density at radius 3 is 2.38 bits per heavy atom. The van der Waals surface area contributed by atoms with Crippen molar-refractivity contribution in [3.05, 3.63) is 48.0 Å². The molecule has 0 heterocycles. The minimum Gasteiger partial charge on any atom is -0.504 e. The zero-order chi connectivity index (χ0) is 17.6. The summed E-state index contributed by atoms with van der Waals surface area (Å²) in [6, 6.07) is 11.4. The number of aromatic hydroxyl groups is 1. The van der Waals surface area contributed by atoms with Crippen molar-refractivity contribution in [1.82, 2.24) is 0 Å². The van der Waals surface area contributed by atoms with Gasteiger partial charge in [0, 0.05) is 6.07 Å². The first-order chi connectivity index (χ1) is 11.4. The fraction of sp³-hybridized carbons (Fsp3) is 0.333. The van der Waals surface area contributed by atoms with Crippen LogP contribution in [0.15, 0.2) is 47.4 Å². The van der Waals surface area contributed by atoms with Gasteiger partial charge in [0.25, 0.3) is 10.1 Å². The summed E-state index contributed by atoms with van der Waals surface area (Å²) < 4.78 is 38.2. The van der Waals surface area contributed by atoms with E-state index in [1.54, 1.807) is 24.3 Å². The van der Waals surface area contributed by atoms with Gasteiger partial charge in [-0.05, 0) is 36.6 Å². The second-order valence-electron chi connectivity index (χ2n) is 5.63. The zero-order valence-corrected chi connectivity index (χ0v) is 14.4. The molecule has 0 aromatic heterocycles. The molecular weight excluding hydrogens is 328 g/mol. The van der Waals surface area contributed by atoms with E-state index in [1.165, 1.54) is 6.07 Å². The summed E-state index contributed by atoms with van der Waals surface area (Å²) in [6.07, 6.45) is 4.39. The monoisotopic (exact) mass is 350 g/mol. The molecule has 6 heteroatoms. The Morgan fingerprint density at radius 2 is 1.75 bits per heavy atom. The summed E-state index contributed by atoms with van der Waals surface area (Å²) in [5.74, 6) is 0.368. The molecule has 24 heavy (non-hydrogen) atoms. The van der Waals surface area contributed by atoms with Crippen LogP contribution in [-0.4, -0.2) is 18.1 Å². The molecule has 5 nitrogen and oxygen atoms in total. The maximum absolute atomic E-state index is 11.6. The Morgan fingerprint density at radius 1 is 1.04 bits per heavy atom. The molecule has 0 unspecified atom stereocenters. The molecule has 2 rings (SSSR count). The van der Waals surface area contributed by atoms with E-state index >= 15 is 0 Å². The molecule has 0 saturated heterocycles. The molecule has 0 amide bonds. The summed E-state index contributed by atoms with van der Waals surface area (Å²) in [5, 5.41) is 10.0. The molecule has 0 fully saturated rings. The van der Waals surface area contributed by atoms with E-state index in [0.717, 1.165) is 31.7 Å². The predicted molar refractivity (Wildman–Crippen MR) is 92.3 cm³/mol. The lowest BCUT2D eigenvalue weighted by Gasteiger charge is -2.13. The summed E-state index contributed by atoms with van der Waals surface area (Å²) in [7, 11) is -4.40. The summed E-state index contributed by atoms with van der Waals surface area (Å²) >= 11 is 0. The third kappa shape index (κ3) is 4.97. The first-order valence-electron chi connectivity index (χ1n) is 7.98. The normalized spacial score (nSPS) is 11.4. The highest BCUT2D eigenvalue weighted by Gasteiger charge is 2.19. The van der Waals surface area contributed by atoms with Crippen molar-refractivity contribution in [2.75, 3.05) is 0 Å². The first-order valence-corrected chi connectivity index (χ1v) is 9.42. The number of benzene rings is 2. The van der Waals surface area contributed by atoms with E-state index in [4.69, 9.17) is 4.74 Å². The van der Waals surface area contributed by atoms with Crippen molar-refractivity contribution >= 4 is 10.1 Å². The third-order valence-electron chi connectivity index (χ3n) is 3.69. The van der Waals surface area contributed by atoms with Gasteiger partial charge in [-0.2, -0.15) is 8.42 Å². The van der Waals surface area contributed by atoms with Gasteiger partial charge in [-0.15, -0.1) is 0 Å². The van der Waals surface area contributed by atoms with Crippen LogP contribution in [0, 0.1) is 0 Å². The van der Waals surface area contributed by atoms with Crippen molar-refractivity contribution in [2.24, 2.45) is 0 Å². The van der Waals surface area contributed by atoms with Crippen molar-refractivity contribution < 1.29 is 22.8 Å². The Balaban J connectivity index is 2.32. The zero-order valence-electron chi connectivity index (χ0n) is 13.6. The van der Waals surface area contributed by atoms with Crippen LogP contribution in [0.25, 0.3) is 0 Å². The van der Waals surface area contributed by atoms with Crippen LogP contribution in [0.3, 0.4) is 0 Å². The molecule has 0 saturated carbocycles. The molecule has 0 aliphatic carbocycles. The minimum absolute atomic E-state index is 0.166. The topological polar surface area (TPSA) is 83.8 Å². The van der Waals surface area contributed by atoms with E-state index in [-0.39, 0.29) is 16.4 Å². The van der Waals surface area contributed by atoms with E-state index < -0.39 is 10.1 Å². The van der Waals surface area contributed by atoms with Gasteiger partial charge in [0.05, 0.1) is 0 Å². The number of para-hydroxylation sites is 1. The Bertz CT molecular complexity index is 769. The van der Waals surface area contributed by atoms with Crippen molar-refractivity contribution in [2.45, 2.75) is 43.9 Å². The van der Waals surface area contributed by atoms with Crippen LogP contribution in [0.2, 0.25) is 0 Å². The van der Waals surface area contributed by atoms with Crippen molar-refractivity contribution in [3.8, 4) is 17.2 Å². The summed E-state index contributed by atoms with van der Waals surface area (Å²) in [4.78, 5) is -0.267. The molecular formula is C18H22O5S. The molecule has 0 aliphatic rings. The minimum atomic E-state index is -4.40. The number of phenols is 1. The Hall–Kier alpha value is -2.05. The summed E-state index contributed by atoms with van der Waals surface area (Å²) in [6.45, 7) is 2.09. The van der Waals surface area contributed by atoms with Crippen molar-refractivity contribution in [1.29, 1.82) is 0 Å². The molecule has 0 radical (unpaired) electrons. The van der Waals surface area contributed by atoms with Gasteiger partial charge in [-0.1, -0.05) is 44.4 Å². The van der Waals surface area contributed by atoms with E-state index in [1.807, 2.05) is 6.07 Å². The Kier molecular flexibility index (Phi) is 6.23. The van der Waals surface area contributed by atoms with Crippen molar-refractivity contribution in [3.63, 3.8) is 0 Å². The second-order valence-corrected chi connectivity index (χ2v) is 7.02. The number of ether oxygens (including phenoxy) is 1. The lowest BCUT2D eigenvalue weighted by Crippen LogP contribution is -2.04. The fourth-order valence-electron chi connectivity index (χ4n) is 2.47. The molecule has 0 bridgehead atoms. The van der Waals surface area contributed by atoms with Crippen LogP contribution >= 0.6 is 0 Å². The number of hydrogen-bond donors (Lipinski definition) is 2. The van der Waals surface area contributed by atoms with Gasteiger partial charge >= 0.3 is 0 Å². The van der Waals surface area contributed by atoms with E-state index in [0.29, 0.717) is 17.7 Å². The predicted octanol–water partition coefficient (Wildman–Crippen LogP) is 4.55. The standard InChI is InChI=1S/C18H22O5S/c1-2-3-4-6-9-14-12-17(23-15-10-7-5-8-11-15)16(19)13-18(14)24(20,21)22/h5,7-8,10-13,19H,2-4,6,9H2,1H3,(H,20,21,22). The van der Waals surface area contributed by atoms with Gasteiger partial charge < -0.3 is 9.84 Å². The maximum Gasteiger partial charge on any atom is 0.294 e. The molecule has 130 valence electrons. The third-order valence-corrected chi connectivity index (χ3v) is 4.63. The molecule has 2 aromatic carbocycles. The first kappa shape index (κ1) is 18.3. The van der Waals surface area contributed by atoms with Gasteiger partial charge in [-0.25, -0.2) is 0 Å². The van der Waals surface area contributed by atoms with Gasteiger partial charge in [0.2, 0.25) is 0 Å². The number of unbranched alkanes of at least 4 members (excludes halogenated alkanes) is 3. The van der Waals surface area contributed by atoms with E-state index in [9.17, 15) is 18.1 Å². The average Bonchev–Trinajstić information content (AvgIpc) is 2.54. The average molecular weight is 350 g/mol. The second kappa shape index (κ2) is 8.17. The number of aryl methyl sites for hydroxylation is 1. The van der Waals surface area contributed by atoms with Gasteiger partial charge in [0.15, 0.2) is 11.5 Å². The van der Waals surface area contributed by atoms with Crippen LogP contribution in [0.5, 0.6) is 17.2 Å². The van der Waals surface area contributed by atoms with E-state index in [2.05, 4.69) is 6.92 Å². The number of phenolic OH excluding ortho intramolecular Hbond substituents is 1. The molecule has 2 aromatic rings. The van der Waals surface area contributed by atoms with Crippen LogP contribution < -0.4 is 4.74 Å². The van der Waals surface area contributed by atoms with Crippen LogP contribution in [0.4, 0.5) is 0 Å². The lowest BCUT2D eigenvalue weighted by atomic mass is 10.1. The highest BCUT2D eigenvalue weighted by molar-refractivity contribution is 7.85. The maximum atomic E-state index is 11.6.